The van der Waals surface area contributed by atoms with E-state index in [1.54, 1.807) is 28.9 Å². The molecule has 2 amide bonds. The number of nitrogens with two attached hydrogens (primary N) is 1. The number of hydrogen-bond donors (Lipinski definition) is 2. The molecule has 0 spiro atoms. The molecule has 0 radical (unpaired) electrons. The van der Waals surface area contributed by atoms with Gasteiger partial charge in [-0.25, -0.2) is 13.1 Å². The first-order valence-corrected chi connectivity index (χ1v) is 16.4. The summed E-state index contributed by atoms with van der Waals surface area (Å²) < 4.78 is 29.7. The second kappa shape index (κ2) is 11.1. The molecule has 1 aliphatic carbocycles. The Hall–Kier alpha value is -4.21. The fourth-order valence-corrected chi connectivity index (χ4v) is 7.88. The number of rotatable bonds is 8. The van der Waals surface area contributed by atoms with Gasteiger partial charge in [-0.15, -0.1) is 0 Å². The summed E-state index contributed by atoms with van der Waals surface area (Å²) in [7, 11) is -3.75. The lowest BCUT2D eigenvalue weighted by molar-refractivity contribution is 0.0487. The van der Waals surface area contributed by atoms with Gasteiger partial charge in [0.25, 0.3) is 11.8 Å². The Morgan fingerprint density at radius 2 is 1.86 bits per heavy atom. The smallest absolute Gasteiger partial charge is 0.258 e. The van der Waals surface area contributed by atoms with Crippen LogP contribution in [0.2, 0.25) is 0 Å². The van der Waals surface area contributed by atoms with Crippen molar-refractivity contribution < 1.29 is 18.0 Å². The molecule has 1 saturated carbocycles. The number of nitrogens with one attached hydrogen (secondary N) is 1. The van der Waals surface area contributed by atoms with Crippen molar-refractivity contribution in [2.24, 2.45) is 11.7 Å². The summed E-state index contributed by atoms with van der Waals surface area (Å²) in [6.07, 6.45) is 3.99. The van der Waals surface area contributed by atoms with Crippen LogP contribution < -0.4 is 11.1 Å². The largest absolute Gasteiger partial charge is 0.382 e. The molecular weight excluding hydrogens is 578 g/mol. The number of hydrogen-bond acceptors (Lipinski definition) is 7. The maximum absolute atomic E-state index is 13.7. The monoisotopic (exact) mass is 615 g/mol. The summed E-state index contributed by atoms with van der Waals surface area (Å²) >= 11 is 0. The van der Waals surface area contributed by atoms with Crippen LogP contribution >= 0.6 is 0 Å². The third kappa shape index (κ3) is 5.46. The summed E-state index contributed by atoms with van der Waals surface area (Å²) in [6.45, 7) is 7.38. The number of sulfonamides is 1. The third-order valence-electron chi connectivity index (χ3n) is 9.01. The number of carbonyl (C=O) groups is 2. The van der Waals surface area contributed by atoms with Crippen molar-refractivity contribution in [2.45, 2.75) is 69.4 Å². The Morgan fingerprint density at radius 3 is 2.52 bits per heavy atom. The van der Waals surface area contributed by atoms with Crippen LogP contribution in [0.15, 0.2) is 47.4 Å². The van der Waals surface area contributed by atoms with Crippen molar-refractivity contribution in [3.63, 3.8) is 0 Å². The molecule has 3 N–H and O–H groups in total. The molecule has 2 aliphatic heterocycles. The zero-order valence-corrected chi connectivity index (χ0v) is 26.0. The zero-order chi connectivity index (χ0) is 31.4. The highest BCUT2D eigenvalue weighted by molar-refractivity contribution is 7.89. The number of benzene rings is 2. The van der Waals surface area contributed by atoms with E-state index in [9.17, 15) is 23.3 Å². The van der Waals surface area contributed by atoms with Crippen LogP contribution in [0, 0.1) is 24.2 Å². The molecular formula is C32H37N7O4S. The average molecular weight is 616 g/mol. The molecule has 230 valence electrons. The van der Waals surface area contributed by atoms with Gasteiger partial charge in [0.15, 0.2) is 0 Å². The predicted molar refractivity (Wildman–Crippen MR) is 165 cm³/mol. The van der Waals surface area contributed by atoms with Crippen LogP contribution in [0.25, 0.3) is 5.69 Å². The van der Waals surface area contributed by atoms with E-state index in [-0.39, 0.29) is 35.5 Å². The lowest BCUT2D eigenvalue weighted by Crippen LogP contribution is -2.53. The zero-order valence-electron chi connectivity index (χ0n) is 25.2. The molecule has 6 rings (SSSR count). The number of nitrogens with zero attached hydrogens (tertiary/aromatic N) is 5. The maximum Gasteiger partial charge on any atom is 0.258 e. The van der Waals surface area contributed by atoms with Gasteiger partial charge < -0.3 is 16.0 Å². The molecule has 0 atom stereocenters. The summed E-state index contributed by atoms with van der Waals surface area (Å²) in [6, 6.07) is 13.2. The lowest BCUT2D eigenvalue weighted by Gasteiger charge is -2.42. The van der Waals surface area contributed by atoms with Crippen molar-refractivity contribution in [3.05, 3.63) is 70.5 Å². The minimum absolute atomic E-state index is 0.0140. The number of carbonyl (C=O) groups excluding carboxylic acids is 2. The molecule has 3 aromatic rings. The molecule has 1 saturated heterocycles. The van der Waals surface area contributed by atoms with E-state index in [0.717, 1.165) is 25.1 Å². The van der Waals surface area contributed by atoms with Crippen LogP contribution in [0.1, 0.15) is 77.2 Å². The summed E-state index contributed by atoms with van der Waals surface area (Å²) in [5.74, 6) is 0.00837. The Balaban J connectivity index is 1.24. The van der Waals surface area contributed by atoms with Crippen molar-refractivity contribution in [3.8, 4) is 11.8 Å². The minimum Gasteiger partial charge on any atom is -0.382 e. The number of aryl methyl sites for hydroxylation is 1. The standard InChI is InChI=1S/C32H37N7O4S/c1-20-29-28(17-32(2,3)38(31(29)41)19-21-7-8-21)39(36-20)24-9-10-26(30(34)40)27(16-24)35-23-11-13-37(14-12-23)44(42,43)25-6-4-5-22(15-25)18-33/h4-6,9-10,15-16,21,23,35H,7-8,11-14,17,19H2,1-3H3,(H2,34,40). The number of amides is 2. The average Bonchev–Trinajstić information content (AvgIpc) is 3.76. The Labute approximate surface area is 257 Å². The summed E-state index contributed by atoms with van der Waals surface area (Å²) in [5.41, 5.74) is 9.40. The topological polar surface area (TPSA) is 154 Å². The van der Waals surface area contributed by atoms with E-state index in [1.807, 2.05) is 24.0 Å². The van der Waals surface area contributed by atoms with E-state index >= 15 is 0 Å². The van der Waals surface area contributed by atoms with Crippen LogP contribution in [-0.2, 0) is 16.4 Å². The van der Waals surface area contributed by atoms with Crippen molar-refractivity contribution >= 4 is 27.5 Å². The van der Waals surface area contributed by atoms with Gasteiger partial charge in [0.05, 0.1) is 44.7 Å². The number of nitriles is 1. The van der Waals surface area contributed by atoms with E-state index < -0.39 is 15.9 Å². The van der Waals surface area contributed by atoms with Gasteiger partial charge in [-0.05, 0) is 88.8 Å². The van der Waals surface area contributed by atoms with Crippen molar-refractivity contribution in [1.82, 2.24) is 19.0 Å². The summed E-state index contributed by atoms with van der Waals surface area (Å²) in [4.78, 5) is 28.2. The number of anilines is 1. The van der Waals surface area contributed by atoms with Crippen molar-refractivity contribution in [1.29, 1.82) is 5.26 Å². The molecule has 0 bridgehead atoms. The van der Waals surface area contributed by atoms with E-state index in [0.29, 0.717) is 58.9 Å². The van der Waals surface area contributed by atoms with E-state index in [2.05, 4.69) is 19.2 Å². The van der Waals surface area contributed by atoms with Gasteiger partial charge in [-0.2, -0.15) is 14.7 Å². The van der Waals surface area contributed by atoms with Crippen LogP contribution in [-0.4, -0.2) is 70.4 Å². The number of aromatic nitrogens is 2. The second-order valence-electron chi connectivity index (χ2n) is 12.7. The lowest BCUT2D eigenvalue weighted by atomic mass is 9.87. The van der Waals surface area contributed by atoms with Gasteiger partial charge in [0.2, 0.25) is 10.0 Å². The fourth-order valence-electron chi connectivity index (χ4n) is 6.37. The summed E-state index contributed by atoms with van der Waals surface area (Å²) in [5, 5.41) is 17.4. The highest BCUT2D eigenvalue weighted by Crippen LogP contribution is 2.38. The molecule has 0 unspecified atom stereocenters. The molecule has 2 aromatic carbocycles. The van der Waals surface area contributed by atoms with Gasteiger partial charge in [0, 0.05) is 43.3 Å². The van der Waals surface area contributed by atoms with Gasteiger partial charge in [-0.3, -0.25) is 9.59 Å². The Bertz CT molecular complexity index is 1790. The molecule has 2 fully saturated rings. The number of piperidine rings is 1. The molecule has 3 aliphatic rings. The Kier molecular flexibility index (Phi) is 7.50. The second-order valence-corrected chi connectivity index (χ2v) is 14.7. The number of fused-ring (bicyclic) bond motifs is 1. The predicted octanol–water partition coefficient (Wildman–Crippen LogP) is 3.60. The van der Waals surface area contributed by atoms with Crippen LogP contribution in [0.4, 0.5) is 5.69 Å². The molecule has 3 heterocycles. The van der Waals surface area contributed by atoms with Crippen LogP contribution in [0.3, 0.4) is 0 Å². The molecule has 44 heavy (non-hydrogen) atoms. The van der Waals surface area contributed by atoms with Gasteiger partial charge in [0.1, 0.15) is 0 Å². The van der Waals surface area contributed by atoms with E-state index in [1.165, 1.54) is 16.4 Å². The highest BCUT2D eigenvalue weighted by atomic mass is 32.2. The van der Waals surface area contributed by atoms with Crippen molar-refractivity contribution in [2.75, 3.05) is 25.0 Å². The quantitative estimate of drug-likeness (QED) is 0.392. The SMILES string of the molecule is Cc1nn(-c2ccc(C(N)=O)c(NC3CCN(S(=O)(=O)c4cccc(C#N)c4)CC3)c2)c2c1C(=O)N(CC1CC1)C(C)(C)C2. The Morgan fingerprint density at radius 1 is 1.14 bits per heavy atom. The van der Waals surface area contributed by atoms with Crippen LogP contribution in [0.5, 0.6) is 0 Å². The normalized spacial score (nSPS) is 19.0. The third-order valence-corrected chi connectivity index (χ3v) is 10.9. The molecule has 11 nitrogen and oxygen atoms in total. The first kappa shape index (κ1) is 29.8. The van der Waals surface area contributed by atoms with E-state index in [4.69, 9.17) is 10.8 Å². The number of primary amides is 1. The fraction of sp³-hybridized carbons (Fsp3) is 0.438. The van der Waals surface area contributed by atoms with Gasteiger partial charge in [-0.1, -0.05) is 6.07 Å². The maximum atomic E-state index is 13.7. The first-order chi connectivity index (χ1) is 20.9. The van der Waals surface area contributed by atoms with Gasteiger partial charge >= 0.3 is 0 Å². The molecule has 12 heteroatoms. The molecule has 1 aromatic heterocycles. The highest BCUT2D eigenvalue weighted by Gasteiger charge is 2.43. The minimum atomic E-state index is -3.75. The first-order valence-electron chi connectivity index (χ1n) is 15.0.